The first-order chi connectivity index (χ1) is 12.1. The second-order valence-corrected chi connectivity index (χ2v) is 6.89. The Morgan fingerprint density at radius 1 is 1.48 bits per heavy atom. The molecule has 7 nitrogen and oxygen atoms in total. The van der Waals surface area contributed by atoms with Gasteiger partial charge in [0.25, 0.3) is 5.91 Å². The minimum absolute atomic E-state index is 0.00104. The molecule has 3 heterocycles. The normalized spacial score (nSPS) is 19.9. The van der Waals surface area contributed by atoms with E-state index < -0.39 is 11.6 Å². The van der Waals surface area contributed by atoms with E-state index in [4.69, 9.17) is 5.26 Å². The van der Waals surface area contributed by atoms with Crippen LogP contribution in [0.5, 0.6) is 0 Å². The van der Waals surface area contributed by atoms with Gasteiger partial charge in [-0.25, -0.2) is 9.37 Å². The number of nitrogens with zero attached hydrogens (tertiary/aromatic N) is 4. The molecule has 25 heavy (non-hydrogen) atoms. The lowest BCUT2D eigenvalue weighted by Crippen LogP contribution is -2.40. The fourth-order valence-electron chi connectivity index (χ4n) is 2.89. The van der Waals surface area contributed by atoms with Crippen LogP contribution in [-0.2, 0) is 4.79 Å². The monoisotopic (exact) mass is 356 g/mol. The van der Waals surface area contributed by atoms with E-state index in [9.17, 15) is 9.18 Å². The van der Waals surface area contributed by atoms with Crippen molar-refractivity contribution in [3.05, 3.63) is 30.6 Å². The van der Waals surface area contributed by atoms with Gasteiger partial charge in [-0.3, -0.25) is 15.2 Å². The van der Waals surface area contributed by atoms with Gasteiger partial charge in [0.15, 0.2) is 11.3 Å². The molecule has 3 aromatic rings. The quantitative estimate of drug-likeness (QED) is 0.703. The van der Waals surface area contributed by atoms with Crippen LogP contribution in [-0.4, -0.2) is 44.7 Å². The highest BCUT2D eigenvalue weighted by molar-refractivity contribution is 7.19. The lowest BCUT2D eigenvalue weighted by atomic mass is 10.1. The Bertz CT molecular complexity index is 992. The topological polar surface area (TPSA) is 97.7 Å². The number of amides is 1. The van der Waals surface area contributed by atoms with E-state index in [-0.39, 0.29) is 19.5 Å². The van der Waals surface area contributed by atoms with E-state index in [0.717, 1.165) is 21.3 Å². The van der Waals surface area contributed by atoms with Crippen molar-refractivity contribution in [3.63, 3.8) is 0 Å². The average molecular weight is 356 g/mol. The highest BCUT2D eigenvalue weighted by Crippen LogP contribution is 2.34. The summed E-state index contributed by atoms with van der Waals surface area (Å²) >= 11 is 1.27. The zero-order valence-electron chi connectivity index (χ0n) is 13.0. The van der Waals surface area contributed by atoms with Gasteiger partial charge in [0.2, 0.25) is 5.67 Å². The molecule has 0 aliphatic carbocycles. The third-order valence-electron chi connectivity index (χ3n) is 4.24. The average Bonchev–Trinajstić information content (AvgIpc) is 3.33. The number of hydrogen-bond acceptors (Lipinski definition) is 6. The maximum absolute atomic E-state index is 14.7. The van der Waals surface area contributed by atoms with Gasteiger partial charge in [-0.05, 0) is 6.07 Å². The van der Waals surface area contributed by atoms with Crippen LogP contribution >= 0.6 is 11.3 Å². The number of fused-ring (bicyclic) bond motifs is 1. The maximum Gasteiger partial charge on any atom is 0.265 e. The molecule has 1 unspecified atom stereocenters. The first kappa shape index (κ1) is 15.5. The number of aromatic amines is 1. The summed E-state index contributed by atoms with van der Waals surface area (Å²) in [4.78, 5) is 18.5. The number of nitriles is 1. The molecule has 0 saturated carbocycles. The van der Waals surface area contributed by atoms with Crippen LogP contribution in [0.1, 0.15) is 6.42 Å². The first-order valence-corrected chi connectivity index (χ1v) is 8.44. The van der Waals surface area contributed by atoms with Crippen LogP contribution in [0.4, 0.5) is 9.52 Å². The molecule has 1 aliphatic rings. The van der Waals surface area contributed by atoms with Crippen LogP contribution < -0.4 is 5.32 Å². The maximum atomic E-state index is 14.7. The summed E-state index contributed by atoms with van der Waals surface area (Å²) in [5.41, 5.74) is -0.218. The fourth-order valence-corrected chi connectivity index (χ4v) is 3.74. The van der Waals surface area contributed by atoms with Gasteiger partial charge in [0.05, 0.1) is 23.1 Å². The highest BCUT2D eigenvalue weighted by Gasteiger charge is 2.45. The minimum Gasteiger partial charge on any atom is -0.307 e. The second-order valence-electron chi connectivity index (χ2n) is 5.86. The number of anilines is 1. The molecule has 1 aliphatic heterocycles. The van der Waals surface area contributed by atoms with E-state index in [0.29, 0.717) is 5.13 Å². The van der Waals surface area contributed by atoms with Crippen molar-refractivity contribution in [2.24, 2.45) is 0 Å². The third-order valence-corrected chi connectivity index (χ3v) is 5.19. The van der Waals surface area contributed by atoms with Gasteiger partial charge in [0, 0.05) is 30.1 Å². The molecule has 0 bridgehead atoms. The van der Waals surface area contributed by atoms with Gasteiger partial charge < -0.3 is 4.90 Å². The van der Waals surface area contributed by atoms with Gasteiger partial charge in [-0.15, -0.1) is 0 Å². The van der Waals surface area contributed by atoms with E-state index in [1.165, 1.54) is 16.2 Å². The van der Waals surface area contributed by atoms with Crippen molar-refractivity contribution < 1.29 is 9.18 Å². The molecule has 1 amide bonds. The fraction of sp³-hybridized carbons (Fsp3) is 0.250. The Morgan fingerprint density at radius 2 is 2.36 bits per heavy atom. The first-order valence-electron chi connectivity index (χ1n) is 7.62. The molecule has 4 rings (SSSR count). The summed E-state index contributed by atoms with van der Waals surface area (Å²) in [6.45, 7) is 0.0217. The van der Waals surface area contributed by atoms with Crippen molar-refractivity contribution in [2.45, 2.75) is 12.1 Å². The predicted octanol–water partition coefficient (Wildman–Crippen LogP) is 2.52. The zero-order valence-corrected chi connectivity index (χ0v) is 13.8. The van der Waals surface area contributed by atoms with Crippen molar-refractivity contribution in [2.75, 3.05) is 18.4 Å². The molecule has 126 valence electrons. The third kappa shape index (κ3) is 2.70. The van der Waals surface area contributed by atoms with E-state index in [1.54, 1.807) is 12.4 Å². The lowest BCUT2D eigenvalue weighted by Gasteiger charge is -2.16. The zero-order chi connectivity index (χ0) is 17.4. The smallest absolute Gasteiger partial charge is 0.265 e. The molecule has 1 fully saturated rings. The Kier molecular flexibility index (Phi) is 3.62. The van der Waals surface area contributed by atoms with Crippen molar-refractivity contribution in [1.82, 2.24) is 20.1 Å². The number of aromatic nitrogens is 3. The summed E-state index contributed by atoms with van der Waals surface area (Å²) < 4.78 is 14.7. The van der Waals surface area contributed by atoms with Gasteiger partial charge in [-0.2, -0.15) is 10.4 Å². The van der Waals surface area contributed by atoms with Crippen molar-refractivity contribution in [1.29, 1.82) is 5.26 Å². The molecule has 0 radical (unpaired) electrons. The standard InChI is InChI=1S/C16H13FN6OS/c17-16(4-5-23(8-16)9-18)14(24)21-15-19-7-13(25-15)10-2-1-3-12-11(10)6-20-22-12/h1-3,6-7H,4-5,8H2,(H,20,22)(H,19,21,24). The Balaban J connectivity index is 1.55. The highest BCUT2D eigenvalue weighted by atomic mass is 32.1. The Hall–Kier alpha value is -2.99. The number of carbonyl (C=O) groups is 1. The van der Waals surface area contributed by atoms with Crippen LogP contribution in [0.2, 0.25) is 0 Å². The van der Waals surface area contributed by atoms with Crippen LogP contribution in [0, 0.1) is 11.5 Å². The minimum atomic E-state index is -2.06. The number of thiazole rings is 1. The molecule has 9 heteroatoms. The van der Waals surface area contributed by atoms with E-state index >= 15 is 0 Å². The lowest BCUT2D eigenvalue weighted by molar-refractivity contribution is -0.126. The van der Waals surface area contributed by atoms with Gasteiger partial charge in [-0.1, -0.05) is 23.5 Å². The number of hydrogen-bond donors (Lipinski definition) is 2. The Labute approximate surface area is 146 Å². The predicted molar refractivity (Wildman–Crippen MR) is 91.5 cm³/mol. The molecule has 2 aromatic heterocycles. The van der Waals surface area contributed by atoms with Crippen LogP contribution in [0.25, 0.3) is 21.3 Å². The van der Waals surface area contributed by atoms with Crippen molar-refractivity contribution >= 4 is 33.3 Å². The number of H-pyrrole nitrogens is 1. The summed E-state index contributed by atoms with van der Waals surface area (Å²) in [5.74, 6) is -0.757. The Morgan fingerprint density at radius 3 is 3.16 bits per heavy atom. The molecule has 1 atom stereocenters. The van der Waals surface area contributed by atoms with Crippen LogP contribution in [0.15, 0.2) is 30.6 Å². The largest absolute Gasteiger partial charge is 0.307 e. The molecular weight excluding hydrogens is 343 g/mol. The summed E-state index contributed by atoms with van der Waals surface area (Å²) in [5, 5.41) is 19.6. The number of carbonyl (C=O) groups excluding carboxylic acids is 1. The summed E-state index contributed by atoms with van der Waals surface area (Å²) in [6, 6.07) is 5.76. The molecule has 0 spiro atoms. The number of benzene rings is 1. The number of halogens is 1. The molecule has 1 saturated heterocycles. The SMILES string of the molecule is N#CN1CCC(F)(C(=O)Nc2ncc(-c3cccc4[nH]ncc34)s2)C1. The van der Waals surface area contributed by atoms with Gasteiger partial charge in [0.1, 0.15) is 0 Å². The van der Waals surface area contributed by atoms with E-state index in [2.05, 4.69) is 20.5 Å². The number of rotatable bonds is 3. The number of alkyl halides is 1. The van der Waals surface area contributed by atoms with Crippen LogP contribution in [0.3, 0.4) is 0 Å². The van der Waals surface area contributed by atoms with Gasteiger partial charge >= 0.3 is 0 Å². The summed E-state index contributed by atoms with van der Waals surface area (Å²) in [7, 11) is 0. The molecular formula is C16H13FN6OS. The summed E-state index contributed by atoms with van der Waals surface area (Å²) in [6.07, 6.45) is 5.24. The van der Waals surface area contributed by atoms with Crippen molar-refractivity contribution in [3.8, 4) is 16.6 Å². The molecule has 1 aromatic carbocycles. The second kappa shape index (κ2) is 5.82. The molecule has 2 N–H and O–H groups in total. The number of likely N-dealkylation sites (tertiary alicyclic amines) is 1. The number of nitrogens with one attached hydrogen (secondary N) is 2. The van der Waals surface area contributed by atoms with E-state index in [1.807, 2.05) is 24.4 Å².